The summed E-state index contributed by atoms with van der Waals surface area (Å²) in [6.07, 6.45) is 3.35. The minimum atomic E-state index is -0.215. The lowest BCUT2D eigenvalue weighted by atomic mass is 9.90. The molecule has 1 aromatic rings. The molecule has 1 aromatic carbocycles. The summed E-state index contributed by atoms with van der Waals surface area (Å²) in [5.41, 5.74) is 1.76. The molecule has 5 heteroatoms. The number of nitrogens with zero attached hydrogens (tertiary/aromatic N) is 2. The van der Waals surface area contributed by atoms with Gasteiger partial charge in [0.25, 0.3) is 5.91 Å². The quantitative estimate of drug-likeness (QED) is 0.883. The van der Waals surface area contributed by atoms with Crippen molar-refractivity contribution in [3.8, 4) is 0 Å². The third-order valence-electron chi connectivity index (χ3n) is 6.60. The molecule has 5 nitrogen and oxygen atoms in total. The van der Waals surface area contributed by atoms with Gasteiger partial charge in [-0.25, -0.2) is 0 Å². The summed E-state index contributed by atoms with van der Waals surface area (Å²) in [7, 11) is 0. The first-order chi connectivity index (χ1) is 12.5. The van der Waals surface area contributed by atoms with E-state index in [0.29, 0.717) is 26.2 Å². The normalized spacial score (nSPS) is 29.1. The SMILES string of the molecule is Cc1ccccc1C(=O)N1CCC(C(=O)N2C[C@H]3CC[C@@H](C2)C3O)CC1. The summed E-state index contributed by atoms with van der Waals surface area (Å²) in [5, 5.41) is 10.2. The highest BCUT2D eigenvalue weighted by Gasteiger charge is 2.43. The van der Waals surface area contributed by atoms with E-state index in [4.69, 9.17) is 0 Å². The average molecular weight is 356 g/mol. The van der Waals surface area contributed by atoms with Crippen LogP contribution in [0.3, 0.4) is 0 Å². The van der Waals surface area contributed by atoms with Crippen LogP contribution in [0.2, 0.25) is 0 Å². The van der Waals surface area contributed by atoms with E-state index in [9.17, 15) is 14.7 Å². The van der Waals surface area contributed by atoms with E-state index in [2.05, 4.69) is 0 Å². The number of piperidine rings is 2. The minimum absolute atomic E-state index is 0.0190. The summed E-state index contributed by atoms with van der Waals surface area (Å²) in [4.78, 5) is 29.5. The number of fused-ring (bicyclic) bond motifs is 2. The van der Waals surface area contributed by atoms with Crippen molar-refractivity contribution in [1.82, 2.24) is 9.80 Å². The largest absolute Gasteiger partial charge is 0.392 e. The van der Waals surface area contributed by atoms with Crippen molar-refractivity contribution in [2.24, 2.45) is 17.8 Å². The Morgan fingerprint density at radius 1 is 0.962 bits per heavy atom. The zero-order chi connectivity index (χ0) is 18.3. The van der Waals surface area contributed by atoms with Crippen molar-refractivity contribution in [3.05, 3.63) is 35.4 Å². The molecule has 2 heterocycles. The van der Waals surface area contributed by atoms with Gasteiger partial charge in [-0.3, -0.25) is 9.59 Å². The Morgan fingerprint density at radius 3 is 2.19 bits per heavy atom. The Balaban J connectivity index is 1.34. The van der Waals surface area contributed by atoms with Gasteiger partial charge in [0, 0.05) is 49.5 Å². The second-order valence-electron chi connectivity index (χ2n) is 8.21. The van der Waals surface area contributed by atoms with E-state index in [1.165, 1.54) is 0 Å². The molecule has 1 saturated carbocycles. The third-order valence-corrected chi connectivity index (χ3v) is 6.60. The number of hydrogen-bond donors (Lipinski definition) is 1. The average Bonchev–Trinajstić information content (AvgIpc) is 2.87. The van der Waals surface area contributed by atoms with Crippen LogP contribution in [-0.4, -0.2) is 59.0 Å². The van der Waals surface area contributed by atoms with Crippen LogP contribution in [0.15, 0.2) is 24.3 Å². The van der Waals surface area contributed by atoms with Crippen LogP contribution in [-0.2, 0) is 4.79 Å². The van der Waals surface area contributed by atoms with Gasteiger partial charge in [0.2, 0.25) is 5.91 Å². The van der Waals surface area contributed by atoms with Gasteiger partial charge < -0.3 is 14.9 Å². The summed E-state index contributed by atoms with van der Waals surface area (Å²) in [5.74, 6) is 0.858. The maximum atomic E-state index is 12.9. The lowest BCUT2D eigenvalue weighted by Crippen LogP contribution is -2.51. The van der Waals surface area contributed by atoms with E-state index in [1.54, 1.807) is 0 Å². The smallest absolute Gasteiger partial charge is 0.254 e. The Bertz CT molecular complexity index is 682. The molecule has 3 atom stereocenters. The summed E-state index contributed by atoms with van der Waals surface area (Å²) in [6, 6.07) is 7.68. The maximum Gasteiger partial charge on any atom is 0.254 e. The first-order valence-electron chi connectivity index (χ1n) is 9.86. The molecular weight excluding hydrogens is 328 g/mol. The fourth-order valence-corrected chi connectivity index (χ4v) is 4.94. The Hall–Kier alpha value is -1.88. The van der Waals surface area contributed by atoms with Gasteiger partial charge in [-0.2, -0.15) is 0 Å². The molecule has 4 rings (SSSR count). The fraction of sp³-hybridized carbons (Fsp3) is 0.619. The molecule has 0 spiro atoms. The highest BCUT2D eigenvalue weighted by molar-refractivity contribution is 5.95. The van der Waals surface area contributed by atoms with Gasteiger partial charge in [0.05, 0.1) is 6.10 Å². The number of aliphatic hydroxyl groups is 1. The highest BCUT2D eigenvalue weighted by atomic mass is 16.3. The van der Waals surface area contributed by atoms with Gasteiger partial charge in [-0.15, -0.1) is 0 Å². The molecule has 1 unspecified atom stereocenters. The number of rotatable bonds is 2. The molecule has 2 aliphatic heterocycles. The highest BCUT2D eigenvalue weighted by Crippen LogP contribution is 2.37. The molecular formula is C21H28N2O3. The van der Waals surface area contributed by atoms with Crippen molar-refractivity contribution >= 4 is 11.8 Å². The number of benzene rings is 1. The molecule has 0 aromatic heterocycles. The van der Waals surface area contributed by atoms with Crippen LogP contribution in [0.4, 0.5) is 0 Å². The van der Waals surface area contributed by atoms with Crippen molar-refractivity contribution in [2.45, 2.75) is 38.7 Å². The van der Waals surface area contributed by atoms with Gasteiger partial charge in [0.1, 0.15) is 0 Å². The molecule has 3 aliphatic rings. The number of aryl methyl sites for hydroxylation is 1. The lowest BCUT2D eigenvalue weighted by Gasteiger charge is -2.39. The molecule has 1 N–H and O–H groups in total. The van der Waals surface area contributed by atoms with Crippen molar-refractivity contribution in [2.75, 3.05) is 26.2 Å². The minimum Gasteiger partial charge on any atom is -0.392 e. The van der Waals surface area contributed by atoms with Gasteiger partial charge in [0.15, 0.2) is 0 Å². The van der Waals surface area contributed by atoms with Crippen molar-refractivity contribution in [3.63, 3.8) is 0 Å². The van der Waals surface area contributed by atoms with Crippen LogP contribution in [0.25, 0.3) is 0 Å². The molecule has 140 valence electrons. The van der Waals surface area contributed by atoms with E-state index in [1.807, 2.05) is 41.0 Å². The predicted molar refractivity (Wildman–Crippen MR) is 98.6 cm³/mol. The first kappa shape index (κ1) is 17.5. The van der Waals surface area contributed by atoms with Crippen molar-refractivity contribution < 1.29 is 14.7 Å². The monoisotopic (exact) mass is 356 g/mol. The third kappa shape index (κ3) is 3.13. The number of carbonyl (C=O) groups excluding carboxylic acids is 2. The molecule has 26 heavy (non-hydrogen) atoms. The molecule has 2 amide bonds. The Kier molecular flexibility index (Phi) is 4.74. The topological polar surface area (TPSA) is 60.9 Å². The fourth-order valence-electron chi connectivity index (χ4n) is 4.94. The first-order valence-corrected chi connectivity index (χ1v) is 9.86. The van der Waals surface area contributed by atoms with Crippen LogP contribution >= 0.6 is 0 Å². The second-order valence-corrected chi connectivity index (χ2v) is 8.21. The predicted octanol–water partition coefficient (Wildman–Crippen LogP) is 2.08. The molecule has 0 radical (unpaired) electrons. The van der Waals surface area contributed by atoms with Gasteiger partial charge in [-0.05, 0) is 44.2 Å². The molecule has 3 fully saturated rings. The van der Waals surface area contributed by atoms with Crippen LogP contribution in [0, 0.1) is 24.7 Å². The number of aliphatic hydroxyl groups excluding tert-OH is 1. The van der Waals surface area contributed by atoms with Gasteiger partial charge >= 0.3 is 0 Å². The molecule has 2 bridgehead atoms. The zero-order valence-corrected chi connectivity index (χ0v) is 15.4. The van der Waals surface area contributed by atoms with Crippen LogP contribution in [0.1, 0.15) is 41.6 Å². The summed E-state index contributed by atoms with van der Waals surface area (Å²) in [6.45, 7) is 4.67. The van der Waals surface area contributed by atoms with E-state index < -0.39 is 0 Å². The van der Waals surface area contributed by atoms with Crippen LogP contribution < -0.4 is 0 Å². The van der Waals surface area contributed by atoms with E-state index in [-0.39, 0.29) is 35.7 Å². The van der Waals surface area contributed by atoms with Gasteiger partial charge in [-0.1, -0.05) is 18.2 Å². The van der Waals surface area contributed by atoms with Crippen molar-refractivity contribution in [1.29, 1.82) is 0 Å². The number of amides is 2. The second kappa shape index (κ2) is 7.03. The Labute approximate surface area is 155 Å². The molecule has 2 saturated heterocycles. The molecule has 1 aliphatic carbocycles. The van der Waals surface area contributed by atoms with Crippen LogP contribution in [0.5, 0.6) is 0 Å². The van der Waals surface area contributed by atoms with E-state index in [0.717, 1.165) is 36.8 Å². The zero-order valence-electron chi connectivity index (χ0n) is 15.4. The van der Waals surface area contributed by atoms with E-state index >= 15 is 0 Å². The lowest BCUT2D eigenvalue weighted by molar-refractivity contribution is -0.141. The number of likely N-dealkylation sites (tertiary alicyclic amines) is 2. The summed E-state index contributed by atoms with van der Waals surface area (Å²) >= 11 is 0. The Morgan fingerprint density at radius 2 is 1.58 bits per heavy atom. The summed E-state index contributed by atoms with van der Waals surface area (Å²) < 4.78 is 0. The number of carbonyl (C=O) groups is 2. The maximum absolute atomic E-state index is 12.9. The number of hydrogen-bond acceptors (Lipinski definition) is 3. The standard InChI is InChI=1S/C21H28N2O3/c1-14-4-2-3-5-18(14)21(26)22-10-8-15(9-11-22)20(25)23-12-16-6-7-17(13-23)19(16)24/h2-5,15-17,19,24H,6-13H2,1H3/t16-,17+,19?.